The zero-order valence-corrected chi connectivity index (χ0v) is 7.55. The van der Waals surface area contributed by atoms with E-state index < -0.39 is 0 Å². The topological polar surface area (TPSA) is 38.1 Å². The molecule has 1 atom stereocenters. The number of rotatable bonds is 1. The quantitative estimate of drug-likeness (QED) is 0.688. The number of nitrogens with one attached hydrogen (secondary N) is 1. The van der Waals surface area contributed by atoms with Gasteiger partial charge in [0.2, 0.25) is 0 Å². The molecule has 1 fully saturated rings. The Kier molecular flexibility index (Phi) is 1.68. The summed E-state index contributed by atoms with van der Waals surface area (Å²) in [7, 11) is 0. The largest absolute Gasteiger partial charge is 0.359 e. The first-order chi connectivity index (χ1) is 5.71. The van der Waals surface area contributed by atoms with Crippen LogP contribution in [0.4, 0.5) is 0 Å². The Hall–Kier alpha value is -0.830. The van der Waals surface area contributed by atoms with Crippen molar-refractivity contribution in [3.63, 3.8) is 0 Å². The summed E-state index contributed by atoms with van der Waals surface area (Å²) >= 11 is 0. The molecule has 0 spiro atoms. The van der Waals surface area contributed by atoms with Crippen LogP contribution in [0.3, 0.4) is 0 Å². The van der Waals surface area contributed by atoms with Crippen LogP contribution in [0.15, 0.2) is 10.6 Å². The zero-order chi connectivity index (χ0) is 8.60. The van der Waals surface area contributed by atoms with Gasteiger partial charge in [0.25, 0.3) is 0 Å². The lowest BCUT2D eigenvalue weighted by molar-refractivity contribution is 0.283. The Labute approximate surface area is 72.1 Å². The van der Waals surface area contributed by atoms with Gasteiger partial charge in [0, 0.05) is 6.07 Å². The van der Waals surface area contributed by atoms with E-state index in [0.717, 1.165) is 24.4 Å². The Morgan fingerprint density at radius 2 is 2.50 bits per heavy atom. The van der Waals surface area contributed by atoms with E-state index in [2.05, 4.69) is 17.4 Å². The van der Waals surface area contributed by atoms with Crippen molar-refractivity contribution in [2.24, 2.45) is 0 Å². The summed E-state index contributed by atoms with van der Waals surface area (Å²) < 4.78 is 5.24. The smallest absolute Gasteiger partial charge is 0.156 e. The lowest BCUT2D eigenvalue weighted by Crippen LogP contribution is -2.32. The lowest BCUT2D eigenvalue weighted by atomic mass is 9.97. The average Bonchev–Trinajstić information content (AvgIpc) is 2.59. The standard InChI is InChI=1S/C9H14N2O/c1-7-6-8(12-11-7)9(2)4-3-5-10-9/h6,10H,3-5H2,1-2H3/t9-/m0/s1. The molecule has 0 aliphatic carbocycles. The third-order valence-electron chi connectivity index (χ3n) is 2.54. The highest BCUT2D eigenvalue weighted by atomic mass is 16.5. The van der Waals surface area contributed by atoms with E-state index in [1.54, 1.807) is 0 Å². The molecule has 3 heteroatoms. The van der Waals surface area contributed by atoms with Gasteiger partial charge in [0.1, 0.15) is 0 Å². The molecule has 0 aromatic carbocycles. The highest BCUT2D eigenvalue weighted by Crippen LogP contribution is 2.30. The van der Waals surface area contributed by atoms with Gasteiger partial charge >= 0.3 is 0 Å². The van der Waals surface area contributed by atoms with Crippen LogP contribution in [0.5, 0.6) is 0 Å². The fourth-order valence-electron chi connectivity index (χ4n) is 1.73. The molecule has 3 nitrogen and oxygen atoms in total. The fraction of sp³-hybridized carbons (Fsp3) is 0.667. The molecule has 1 saturated heterocycles. The second kappa shape index (κ2) is 2.59. The molecule has 0 radical (unpaired) electrons. The van der Waals surface area contributed by atoms with E-state index in [0.29, 0.717) is 0 Å². The van der Waals surface area contributed by atoms with Crippen LogP contribution in [-0.4, -0.2) is 11.7 Å². The van der Waals surface area contributed by atoms with E-state index >= 15 is 0 Å². The molecule has 1 aliphatic rings. The SMILES string of the molecule is Cc1cc([C@]2(C)CCCN2)on1. The third-order valence-corrected chi connectivity index (χ3v) is 2.54. The van der Waals surface area contributed by atoms with Gasteiger partial charge in [0.05, 0.1) is 11.2 Å². The first kappa shape index (κ1) is 7.80. The second-order valence-corrected chi connectivity index (χ2v) is 3.69. The Morgan fingerprint density at radius 1 is 1.67 bits per heavy atom. The summed E-state index contributed by atoms with van der Waals surface area (Å²) in [5, 5.41) is 7.32. The maximum absolute atomic E-state index is 5.24. The Balaban J connectivity index is 2.28. The maximum atomic E-state index is 5.24. The van der Waals surface area contributed by atoms with Crippen LogP contribution in [0.25, 0.3) is 0 Å². The van der Waals surface area contributed by atoms with Gasteiger partial charge in [-0.2, -0.15) is 0 Å². The summed E-state index contributed by atoms with van der Waals surface area (Å²) in [6.07, 6.45) is 2.36. The van der Waals surface area contributed by atoms with E-state index in [1.165, 1.54) is 6.42 Å². The average molecular weight is 166 g/mol. The molecule has 1 N–H and O–H groups in total. The fourth-order valence-corrected chi connectivity index (χ4v) is 1.73. The van der Waals surface area contributed by atoms with Crippen molar-refractivity contribution in [1.82, 2.24) is 10.5 Å². The summed E-state index contributed by atoms with van der Waals surface area (Å²) in [5.41, 5.74) is 0.987. The van der Waals surface area contributed by atoms with Gasteiger partial charge in [-0.15, -0.1) is 0 Å². The van der Waals surface area contributed by atoms with E-state index in [9.17, 15) is 0 Å². The van der Waals surface area contributed by atoms with Crippen molar-refractivity contribution in [3.05, 3.63) is 17.5 Å². The first-order valence-electron chi connectivity index (χ1n) is 4.39. The van der Waals surface area contributed by atoms with Crippen molar-refractivity contribution in [1.29, 1.82) is 0 Å². The van der Waals surface area contributed by atoms with Crippen molar-refractivity contribution >= 4 is 0 Å². The number of aromatic nitrogens is 1. The third kappa shape index (κ3) is 1.14. The predicted octanol–water partition coefficient (Wildman–Crippen LogP) is 1.58. The summed E-state index contributed by atoms with van der Waals surface area (Å²) in [6.45, 7) is 5.20. The molecule has 12 heavy (non-hydrogen) atoms. The minimum Gasteiger partial charge on any atom is -0.359 e. The van der Waals surface area contributed by atoms with Gasteiger partial charge in [-0.25, -0.2) is 0 Å². The van der Waals surface area contributed by atoms with Crippen molar-refractivity contribution in [2.75, 3.05) is 6.54 Å². The van der Waals surface area contributed by atoms with E-state index in [4.69, 9.17) is 4.52 Å². The van der Waals surface area contributed by atoms with E-state index in [-0.39, 0.29) is 5.54 Å². The number of aryl methyl sites for hydroxylation is 1. The van der Waals surface area contributed by atoms with Gasteiger partial charge in [-0.3, -0.25) is 0 Å². The summed E-state index contributed by atoms with van der Waals surface area (Å²) in [6, 6.07) is 2.01. The summed E-state index contributed by atoms with van der Waals surface area (Å²) in [5.74, 6) is 0.970. The van der Waals surface area contributed by atoms with Crippen LogP contribution < -0.4 is 5.32 Å². The first-order valence-corrected chi connectivity index (χ1v) is 4.39. The molecular weight excluding hydrogens is 152 g/mol. The van der Waals surface area contributed by atoms with Gasteiger partial charge in [-0.05, 0) is 33.2 Å². The molecule has 0 unspecified atom stereocenters. The van der Waals surface area contributed by atoms with Crippen molar-refractivity contribution in [3.8, 4) is 0 Å². The molecule has 1 aliphatic heterocycles. The van der Waals surface area contributed by atoms with Gasteiger partial charge in [-0.1, -0.05) is 5.16 Å². The normalized spacial score (nSPS) is 29.5. The highest BCUT2D eigenvalue weighted by molar-refractivity contribution is 5.14. The minimum atomic E-state index is 0.0290. The zero-order valence-electron chi connectivity index (χ0n) is 7.55. The maximum Gasteiger partial charge on any atom is 0.156 e. The molecular formula is C9H14N2O. The van der Waals surface area contributed by atoms with Crippen molar-refractivity contribution in [2.45, 2.75) is 32.2 Å². The number of nitrogens with zero attached hydrogens (tertiary/aromatic N) is 1. The summed E-state index contributed by atoms with van der Waals surface area (Å²) in [4.78, 5) is 0. The minimum absolute atomic E-state index is 0.0290. The highest BCUT2D eigenvalue weighted by Gasteiger charge is 2.33. The molecule has 0 saturated carbocycles. The van der Waals surface area contributed by atoms with Crippen LogP contribution in [0, 0.1) is 6.92 Å². The monoisotopic (exact) mass is 166 g/mol. The van der Waals surface area contributed by atoms with Gasteiger partial charge in [0.15, 0.2) is 5.76 Å². The molecule has 1 aromatic heterocycles. The van der Waals surface area contributed by atoms with Gasteiger partial charge < -0.3 is 9.84 Å². The molecule has 2 rings (SSSR count). The molecule has 66 valence electrons. The van der Waals surface area contributed by atoms with E-state index in [1.807, 2.05) is 13.0 Å². The Morgan fingerprint density at radius 3 is 3.00 bits per heavy atom. The van der Waals surface area contributed by atoms with Crippen molar-refractivity contribution < 1.29 is 4.52 Å². The number of hydrogen-bond acceptors (Lipinski definition) is 3. The molecule has 0 amide bonds. The van der Waals surface area contributed by atoms with Crippen LogP contribution >= 0.6 is 0 Å². The predicted molar refractivity (Wildman–Crippen MR) is 45.8 cm³/mol. The van der Waals surface area contributed by atoms with Crippen LogP contribution in [0.1, 0.15) is 31.2 Å². The second-order valence-electron chi connectivity index (χ2n) is 3.69. The van der Waals surface area contributed by atoms with Crippen LogP contribution in [-0.2, 0) is 5.54 Å². The molecule has 0 bridgehead atoms. The number of hydrogen-bond donors (Lipinski definition) is 1. The molecule has 2 heterocycles. The molecule has 1 aromatic rings. The lowest BCUT2D eigenvalue weighted by Gasteiger charge is -2.19. The Bertz CT molecular complexity index is 274. The van der Waals surface area contributed by atoms with Crippen LogP contribution in [0.2, 0.25) is 0 Å².